The second kappa shape index (κ2) is 10.1. The Morgan fingerprint density at radius 3 is 2.63 bits per heavy atom. The number of carbonyl (C=O) groups excluding carboxylic acids is 2. The van der Waals surface area contributed by atoms with E-state index in [1.54, 1.807) is 29.4 Å². The van der Waals surface area contributed by atoms with Gasteiger partial charge in [0.1, 0.15) is 17.7 Å². The van der Waals surface area contributed by atoms with Crippen LogP contribution in [0.1, 0.15) is 12.0 Å². The van der Waals surface area contributed by atoms with Crippen LogP contribution in [0.15, 0.2) is 67.0 Å². The molecule has 2 aromatic carbocycles. The summed E-state index contributed by atoms with van der Waals surface area (Å²) in [5.74, 6) is 0.227. The quantitative estimate of drug-likeness (QED) is 0.566. The highest BCUT2D eigenvalue weighted by molar-refractivity contribution is 5.94. The normalized spacial score (nSPS) is 17.7. The molecule has 0 spiro atoms. The van der Waals surface area contributed by atoms with E-state index >= 15 is 0 Å². The number of aromatic nitrogens is 2. The summed E-state index contributed by atoms with van der Waals surface area (Å²) in [5, 5.41) is 10.6. The van der Waals surface area contributed by atoms with Crippen molar-refractivity contribution in [2.75, 3.05) is 36.4 Å². The van der Waals surface area contributed by atoms with Gasteiger partial charge in [-0.15, -0.1) is 0 Å². The Labute approximate surface area is 202 Å². The lowest BCUT2D eigenvalue weighted by Gasteiger charge is -2.39. The van der Waals surface area contributed by atoms with Crippen LogP contribution in [-0.4, -0.2) is 59.2 Å². The number of hydrogen-bond donors (Lipinski definition) is 1. The highest BCUT2D eigenvalue weighted by Gasteiger charge is 2.33. The summed E-state index contributed by atoms with van der Waals surface area (Å²) in [5.41, 5.74) is 2.34. The Kier molecular flexibility index (Phi) is 6.56. The second-order valence-corrected chi connectivity index (χ2v) is 8.89. The molecule has 0 unspecified atom stereocenters. The lowest BCUT2D eigenvalue weighted by atomic mass is 9.98. The van der Waals surface area contributed by atoms with Gasteiger partial charge in [-0.25, -0.2) is 4.39 Å². The first-order valence-corrected chi connectivity index (χ1v) is 11.6. The molecule has 3 aromatic rings. The summed E-state index contributed by atoms with van der Waals surface area (Å²) in [6.07, 6.45) is 4.14. The average molecular weight is 476 g/mol. The van der Waals surface area contributed by atoms with E-state index in [9.17, 15) is 14.0 Å². The van der Waals surface area contributed by atoms with E-state index in [2.05, 4.69) is 20.4 Å². The first-order valence-electron chi connectivity index (χ1n) is 11.6. The summed E-state index contributed by atoms with van der Waals surface area (Å²) in [7, 11) is 0. The monoisotopic (exact) mass is 475 g/mol. The molecule has 8 nitrogen and oxygen atoms in total. The predicted octanol–water partition coefficient (Wildman–Crippen LogP) is 2.91. The summed E-state index contributed by atoms with van der Waals surface area (Å²) >= 11 is 0. The van der Waals surface area contributed by atoms with Crippen LogP contribution in [-0.2, 0) is 16.0 Å². The number of hydrogen-bond acceptors (Lipinski definition) is 6. The lowest BCUT2D eigenvalue weighted by molar-refractivity contribution is -0.129. The fourth-order valence-electron chi connectivity index (χ4n) is 4.36. The van der Waals surface area contributed by atoms with Gasteiger partial charge in [-0.05, 0) is 48.0 Å². The third-order valence-electron chi connectivity index (χ3n) is 6.35. The van der Waals surface area contributed by atoms with E-state index in [0.717, 1.165) is 12.1 Å². The Morgan fingerprint density at radius 2 is 1.89 bits per heavy atom. The molecule has 5 rings (SSSR count). The van der Waals surface area contributed by atoms with Crippen LogP contribution in [0.5, 0.6) is 5.75 Å². The highest BCUT2D eigenvalue weighted by Crippen LogP contribution is 2.25. The van der Waals surface area contributed by atoms with Gasteiger partial charge in [0, 0.05) is 31.7 Å². The zero-order valence-corrected chi connectivity index (χ0v) is 19.1. The van der Waals surface area contributed by atoms with Gasteiger partial charge < -0.3 is 19.9 Å². The number of halogens is 1. The minimum absolute atomic E-state index is 0.0137. The summed E-state index contributed by atoms with van der Waals surface area (Å²) in [4.78, 5) is 28.9. The summed E-state index contributed by atoms with van der Waals surface area (Å²) in [6.45, 7) is 2.41. The zero-order valence-electron chi connectivity index (χ0n) is 19.1. The number of nitrogens with zero attached hydrogens (tertiary/aromatic N) is 4. The Morgan fingerprint density at radius 1 is 1.06 bits per heavy atom. The molecule has 2 amide bonds. The lowest BCUT2D eigenvalue weighted by Crippen LogP contribution is -2.52. The molecule has 0 radical (unpaired) electrons. The van der Waals surface area contributed by atoms with Crippen molar-refractivity contribution in [2.24, 2.45) is 5.92 Å². The van der Waals surface area contributed by atoms with E-state index in [1.807, 2.05) is 30.3 Å². The van der Waals surface area contributed by atoms with Crippen LogP contribution in [0.3, 0.4) is 0 Å². The van der Waals surface area contributed by atoms with Crippen LogP contribution in [0.25, 0.3) is 0 Å². The molecule has 2 aliphatic heterocycles. The molecule has 1 aromatic heterocycles. The van der Waals surface area contributed by atoms with Crippen molar-refractivity contribution >= 4 is 23.2 Å². The van der Waals surface area contributed by atoms with Crippen molar-refractivity contribution in [1.82, 2.24) is 15.1 Å². The molecule has 0 saturated carbocycles. The van der Waals surface area contributed by atoms with Crippen molar-refractivity contribution in [3.8, 4) is 5.75 Å². The first kappa shape index (κ1) is 22.8. The number of ether oxygens (including phenoxy) is 1. The van der Waals surface area contributed by atoms with Crippen molar-refractivity contribution in [1.29, 1.82) is 0 Å². The van der Waals surface area contributed by atoms with E-state index in [1.165, 1.54) is 12.1 Å². The topological polar surface area (TPSA) is 87.7 Å². The summed E-state index contributed by atoms with van der Waals surface area (Å²) in [6, 6.07) is 15.3. The third kappa shape index (κ3) is 5.56. The van der Waals surface area contributed by atoms with Gasteiger partial charge in [-0.1, -0.05) is 12.1 Å². The minimum Gasteiger partial charge on any atom is -0.489 e. The van der Waals surface area contributed by atoms with Crippen LogP contribution in [0, 0.1) is 11.7 Å². The number of rotatable bonds is 7. The SMILES string of the molecule is O=C(Nc1ccc(O[C@@H]2CCN(C(=O)Cc3cccc(F)c3)C2)cc1)C1CN(c2ccnnc2)C1. The molecule has 2 saturated heterocycles. The van der Waals surface area contributed by atoms with E-state index < -0.39 is 0 Å². The van der Waals surface area contributed by atoms with Crippen LogP contribution >= 0.6 is 0 Å². The molecule has 0 aliphatic carbocycles. The van der Waals surface area contributed by atoms with Crippen molar-refractivity contribution in [3.05, 3.63) is 78.4 Å². The van der Waals surface area contributed by atoms with Gasteiger partial charge >= 0.3 is 0 Å². The molecule has 2 aliphatic rings. The fraction of sp³-hybridized carbons (Fsp3) is 0.308. The molecule has 2 fully saturated rings. The van der Waals surface area contributed by atoms with Gasteiger partial charge in [0.2, 0.25) is 11.8 Å². The van der Waals surface area contributed by atoms with Gasteiger partial charge in [0.25, 0.3) is 0 Å². The van der Waals surface area contributed by atoms with E-state index in [4.69, 9.17) is 4.74 Å². The average Bonchev–Trinajstić information content (AvgIpc) is 3.29. The number of likely N-dealkylation sites (tertiary alicyclic amines) is 1. The Bertz CT molecular complexity index is 1190. The number of carbonyl (C=O) groups is 2. The maximum atomic E-state index is 13.4. The second-order valence-electron chi connectivity index (χ2n) is 8.89. The number of benzene rings is 2. The molecule has 0 bridgehead atoms. The minimum atomic E-state index is -0.338. The zero-order chi connectivity index (χ0) is 24.2. The summed E-state index contributed by atoms with van der Waals surface area (Å²) < 4.78 is 19.4. The van der Waals surface area contributed by atoms with Gasteiger partial charge in [0.05, 0.1) is 37.0 Å². The molecule has 9 heteroatoms. The van der Waals surface area contributed by atoms with Crippen molar-refractivity contribution < 1.29 is 18.7 Å². The predicted molar refractivity (Wildman–Crippen MR) is 129 cm³/mol. The van der Waals surface area contributed by atoms with Crippen molar-refractivity contribution in [3.63, 3.8) is 0 Å². The third-order valence-corrected chi connectivity index (χ3v) is 6.35. The smallest absolute Gasteiger partial charge is 0.231 e. The Hall–Kier alpha value is -4.01. The maximum absolute atomic E-state index is 13.4. The Balaban J connectivity index is 1.07. The standard InChI is InChI=1S/C26H26FN5O3/c27-20-3-1-2-18(12-20)13-25(33)31-11-9-24(17-31)35-23-6-4-21(5-7-23)30-26(34)19-15-32(16-19)22-8-10-28-29-14-22/h1-8,10,12,14,19,24H,9,11,13,15-17H2,(H,30,34)/t24-/m1/s1. The highest BCUT2D eigenvalue weighted by atomic mass is 19.1. The fourth-order valence-corrected chi connectivity index (χ4v) is 4.36. The molecule has 1 atom stereocenters. The molecule has 3 heterocycles. The molecule has 35 heavy (non-hydrogen) atoms. The molecule has 1 N–H and O–H groups in total. The van der Waals surface area contributed by atoms with Crippen molar-refractivity contribution in [2.45, 2.75) is 18.9 Å². The molecular formula is C26H26FN5O3. The largest absolute Gasteiger partial charge is 0.489 e. The van der Waals surface area contributed by atoms with E-state index in [0.29, 0.717) is 43.2 Å². The first-order chi connectivity index (χ1) is 17.0. The number of nitrogens with one attached hydrogen (secondary N) is 1. The van der Waals surface area contributed by atoms with Gasteiger partial charge in [-0.2, -0.15) is 10.2 Å². The van der Waals surface area contributed by atoms with Crippen LogP contribution in [0.4, 0.5) is 15.8 Å². The van der Waals surface area contributed by atoms with Crippen LogP contribution in [0.2, 0.25) is 0 Å². The maximum Gasteiger partial charge on any atom is 0.231 e. The number of amides is 2. The number of anilines is 2. The van der Waals surface area contributed by atoms with E-state index in [-0.39, 0.29) is 36.1 Å². The molecular weight excluding hydrogens is 449 g/mol. The molecule has 180 valence electrons. The van der Waals surface area contributed by atoms with Gasteiger partial charge in [-0.3, -0.25) is 9.59 Å². The van der Waals surface area contributed by atoms with Gasteiger partial charge in [0.15, 0.2) is 0 Å². The van der Waals surface area contributed by atoms with Crippen LogP contribution < -0.4 is 15.0 Å².